The lowest BCUT2D eigenvalue weighted by Gasteiger charge is -2.22. The summed E-state index contributed by atoms with van der Waals surface area (Å²) in [5.41, 5.74) is 10.00. The van der Waals surface area contributed by atoms with Gasteiger partial charge in [-0.15, -0.1) is 11.3 Å². The monoisotopic (exact) mass is 706 g/mol. The molecular weight excluding hydrogens is 673 g/mol. The van der Waals surface area contributed by atoms with Crippen LogP contribution in [0.25, 0.3) is 109 Å². The van der Waals surface area contributed by atoms with E-state index in [0.29, 0.717) is 0 Å². The normalized spacial score (nSPS) is 14.5. The molecule has 0 spiro atoms. The van der Waals surface area contributed by atoms with Crippen molar-refractivity contribution >= 4 is 109 Å². The fraction of sp³-hybridized carbons (Fsp3) is 0.0769. The topological polar surface area (TPSA) is 13.1 Å². The maximum Gasteiger partial charge on any atom is 0.136 e. The summed E-state index contributed by atoms with van der Waals surface area (Å²) >= 11 is 1.89. The van der Waals surface area contributed by atoms with Crippen LogP contribution in [-0.2, 0) is 0 Å². The molecule has 2 heteroatoms. The van der Waals surface area contributed by atoms with Gasteiger partial charge in [0.2, 0.25) is 0 Å². The Morgan fingerprint density at radius 2 is 1.13 bits per heavy atom. The zero-order chi connectivity index (χ0) is 35.3. The zero-order valence-electron chi connectivity index (χ0n) is 29.7. The third kappa shape index (κ3) is 4.38. The number of thiophene rings is 1. The molecule has 0 saturated heterocycles. The van der Waals surface area contributed by atoms with Gasteiger partial charge in [-0.25, -0.2) is 0 Å². The summed E-state index contributed by atoms with van der Waals surface area (Å²) in [7, 11) is 0. The molecule has 0 saturated carbocycles. The molecule has 2 aliphatic carbocycles. The first-order chi connectivity index (χ1) is 26.8. The van der Waals surface area contributed by atoms with Crippen LogP contribution in [0.3, 0.4) is 0 Å². The molecular formula is C52H34OS. The smallest absolute Gasteiger partial charge is 0.136 e. The predicted octanol–water partition coefficient (Wildman–Crippen LogP) is 13.7. The quantitative estimate of drug-likeness (QED) is 0.178. The molecule has 10 aromatic rings. The average Bonchev–Trinajstić information content (AvgIpc) is 3.80. The van der Waals surface area contributed by atoms with Crippen LogP contribution in [-0.4, -0.2) is 0 Å². The molecule has 54 heavy (non-hydrogen) atoms. The molecule has 0 radical (unpaired) electrons. The van der Waals surface area contributed by atoms with E-state index in [-0.39, 0.29) is 0 Å². The molecule has 2 aromatic heterocycles. The minimum Gasteiger partial charge on any atom is -0.456 e. The maximum atomic E-state index is 6.47. The van der Waals surface area contributed by atoms with Crippen molar-refractivity contribution in [3.05, 3.63) is 167 Å². The first-order valence-corrected chi connectivity index (χ1v) is 19.9. The second-order valence-corrected chi connectivity index (χ2v) is 15.9. The van der Waals surface area contributed by atoms with Gasteiger partial charge in [-0.2, -0.15) is 0 Å². The number of rotatable bonds is 3. The fourth-order valence-electron chi connectivity index (χ4n) is 9.58. The van der Waals surface area contributed by atoms with Gasteiger partial charge in [-0.1, -0.05) is 127 Å². The lowest BCUT2D eigenvalue weighted by atomic mass is 9.81. The van der Waals surface area contributed by atoms with Gasteiger partial charge < -0.3 is 4.42 Å². The number of hydrogen-bond acceptors (Lipinski definition) is 2. The molecule has 2 heterocycles. The van der Waals surface area contributed by atoms with Crippen molar-refractivity contribution in [2.75, 3.05) is 0 Å². The summed E-state index contributed by atoms with van der Waals surface area (Å²) in [6, 6.07) is 49.2. The Morgan fingerprint density at radius 1 is 0.444 bits per heavy atom. The van der Waals surface area contributed by atoms with Crippen molar-refractivity contribution in [2.45, 2.75) is 25.7 Å². The van der Waals surface area contributed by atoms with E-state index in [0.717, 1.165) is 36.8 Å². The molecule has 2 aliphatic rings. The molecule has 0 bridgehead atoms. The number of benzene rings is 8. The van der Waals surface area contributed by atoms with Crippen LogP contribution < -0.4 is 10.4 Å². The van der Waals surface area contributed by atoms with E-state index >= 15 is 0 Å². The third-order valence-electron chi connectivity index (χ3n) is 11.9. The molecule has 1 nitrogen and oxygen atoms in total. The van der Waals surface area contributed by atoms with E-state index in [1.165, 1.54) is 107 Å². The minimum atomic E-state index is 0.938. The molecule has 12 rings (SSSR count). The number of furan rings is 1. The zero-order valence-corrected chi connectivity index (χ0v) is 30.5. The van der Waals surface area contributed by atoms with Gasteiger partial charge in [0, 0.05) is 36.3 Å². The number of hydrogen-bond donors (Lipinski definition) is 0. The number of fused-ring (bicyclic) bond motifs is 11. The van der Waals surface area contributed by atoms with Crippen LogP contribution in [0.15, 0.2) is 150 Å². The van der Waals surface area contributed by atoms with Crippen LogP contribution in [0.5, 0.6) is 0 Å². The lowest BCUT2D eigenvalue weighted by molar-refractivity contribution is 0.669. The second-order valence-electron chi connectivity index (χ2n) is 14.9. The Balaban J connectivity index is 1.14. The molecule has 0 amide bonds. The van der Waals surface area contributed by atoms with E-state index in [1.807, 2.05) is 11.3 Å². The Kier molecular flexibility index (Phi) is 6.52. The largest absolute Gasteiger partial charge is 0.456 e. The molecule has 254 valence electrons. The van der Waals surface area contributed by atoms with Crippen molar-refractivity contribution in [1.29, 1.82) is 0 Å². The summed E-state index contributed by atoms with van der Waals surface area (Å²) in [5.74, 6) is 0. The molecule has 0 N–H and O–H groups in total. The highest BCUT2D eigenvalue weighted by molar-refractivity contribution is 7.26. The third-order valence-corrected chi connectivity index (χ3v) is 13.2. The molecule has 0 unspecified atom stereocenters. The van der Waals surface area contributed by atoms with Crippen LogP contribution in [0, 0.1) is 0 Å². The Bertz CT molecular complexity index is 3430. The first kappa shape index (κ1) is 30.3. The predicted molar refractivity (Wildman–Crippen MR) is 234 cm³/mol. The highest BCUT2D eigenvalue weighted by Crippen LogP contribution is 2.46. The van der Waals surface area contributed by atoms with Crippen molar-refractivity contribution < 1.29 is 4.42 Å². The maximum absolute atomic E-state index is 6.47. The van der Waals surface area contributed by atoms with Crippen LogP contribution in [0.2, 0.25) is 0 Å². The number of para-hydroxylation sites is 1. The second kappa shape index (κ2) is 11.6. The van der Waals surface area contributed by atoms with E-state index in [9.17, 15) is 0 Å². The highest BCUT2D eigenvalue weighted by Gasteiger charge is 2.22. The van der Waals surface area contributed by atoms with Gasteiger partial charge in [-0.3, -0.25) is 0 Å². The van der Waals surface area contributed by atoms with Crippen molar-refractivity contribution in [1.82, 2.24) is 0 Å². The standard InChI is InChI=1S/C52H34OS/c1-2-17-34-31(13-1)14-12-24-37(34)51-40-22-5-3-20-38(40)50(39-21-4-6-23-41(39)51)33-16-11-15-32(27-33)42-28-45-36-19-8-10-26-49(36)54-52(45)46-30-48-44(29-43(42)46)35-18-7-9-25-47(35)53-48/h1-3,5,7-10,12-15,17-30H,4,6,11,16H2. The first-order valence-electron chi connectivity index (χ1n) is 19.1. The van der Waals surface area contributed by atoms with Crippen LogP contribution >= 0.6 is 11.3 Å². The Labute approximate surface area is 316 Å². The van der Waals surface area contributed by atoms with Gasteiger partial charge in [-0.05, 0) is 127 Å². The van der Waals surface area contributed by atoms with Crippen molar-refractivity contribution in [3.8, 4) is 11.1 Å². The Hall–Kier alpha value is -6.22. The van der Waals surface area contributed by atoms with E-state index in [1.54, 1.807) is 0 Å². The summed E-state index contributed by atoms with van der Waals surface area (Å²) in [6.45, 7) is 0. The molecule has 0 fully saturated rings. The highest BCUT2D eigenvalue weighted by atomic mass is 32.1. The van der Waals surface area contributed by atoms with Gasteiger partial charge in [0.05, 0.1) is 0 Å². The minimum absolute atomic E-state index is 0.938. The van der Waals surface area contributed by atoms with Crippen LogP contribution in [0.1, 0.15) is 36.8 Å². The van der Waals surface area contributed by atoms with Crippen molar-refractivity contribution in [2.24, 2.45) is 0 Å². The van der Waals surface area contributed by atoms with E-state index in [2.05, 4.69) is 158 Å². The molecule has 8 aromatic carbocycles. The summed E-state index contributed by atoms with van der Waals surface area (Å²) in [6.07, 6.45) is 14.2. The van der Waals surface area contributed by atoms with Crippen LogP contribution in [0.4, 0.5) is 0 Å². The fourth-order valence-corrected chi connectivity index (χ4v) is 10.8. The van der Waals surface area contributed by atoms with Gasteiger partial charge in [0.15, 0.2) is 0 Å². The van der Waals surface area contributed by atoms with Gasteiger partial charge in [0.1, 0.15) is 11.2 Å². The summed E-state index contributed by atoms with van der Waals surface area (Å²) < 4.78 is 9.12. The van der Waals surface area contributed by atoms with E-state index < -0.39 is 0 Å². The lowest BCUT2D eigenvalue weighted by Crippen LogP contribution is -2.33. The van der Waals surface area contributed by atoms with E-state index in [4.69, 9.17) is 4.42 Å². The summed E-state index contributed by atoms with van der Waals surface area (Å²) in [5, 5.41) is 15.6. The van der Waals surface area contributed by atoms with Gasteiger partial charge >= 0.3 is 0 Å². The Morgan fingerprint density at radius 3 is 2.00 bits per heavy atom. The molecule has 0 atom stereocenters. The molecule has 0 aliphatic heterocycles. The summed E-state index contributed by atoms with van der Waals surface area (Å²) in [4.78, 5) is 0. The number of allylic oxidation sites excluding steroid dienone is 4. The SMILES string of the molecule is C1=C(c2c3c(c(-c4cccc5ccccc45)c4ccccc24)=CCCC=3)CCC=C1c1cc2c3ccccc3sc2c2cc3oc4ccccc4c3cc12. The van der Waals surface area contributed by atoms with Crippen molar-refractivity contribution in [3.63, 3.8) is 0 Å². The average molecular weight is 707 g/mol. The van der Waals surface area contributed by atoms with Gasteiger partial charge in [0.25, 0.3) is 0 Å².